The van der Waals surface area contributed by atoms with E-state index in [1.54, 1.807) is 24.3 Å². The number of nitrogens with one attached hydrogen (secondary N) is 2. The molecule has 1 aliphatic rings. The van der Waals surface area contributed by atoms with Gasteiger partial charge in [-0.05, 0) is 12.1 Å². The van der Waals surface area contributed by atoms with Gasteiger partial charge in [-0.15, -0.1) is 0 Å². The van der Waals surface area contributed by atoms with Crippen molar-refractivity contribution in [1.82, 2.24) is 10.6 Å². The van der Waals surface area contributed by atoms with Crippen LogP contribution in [0.3, 0.4) is 0 Å². The third-order valence-corrected chi connectivity index (χ3v) is 4.35. The highest BCUT2D eigenvalue weighted by molar-refractivity contribution is 9.10. The van der Waals surface area contributed by atoms with E-state index in [-0.39, 0.29) is 0 Å². The molecule has 0 radical (unpaired) electrons. The molecular weight excluding hydrogens is 348 g/mol. The molecule has 3 rings (SSSR count). The fraction of sp³-hybridized carbons (Fsp3) is 0.125. The summed E-state index contributed by atoms with van der Waals surface area (Å²) in [6.45, 7) is 0. The van der Waals surface area contributed by atoms with Crippen molar-refractivity contribution in [1.29, 1.82) is 0 Å². The van der Waals surface area contributed by atoms with Gasteiger partial charge in [0.1, 0.15) is 5.75 Å². The minimum absolute atomic E-state index is 0.436. The van der Waals surface area contributed by atoms with Crippen molar-refractivity contribution in [3.63, 3.8) is 0 Å². The Hall–Kier alpha value is -2.34. The van der Waals surface area contributed by atoms with Gasteiger partial charge < -0.3 is 10.1 Å². The van der Waals surface area contributed by atoms with E-state index in [9.17, 15) is 9.59 Å². The molecular formula is C16H13BrN2O3. The van der Waals surface area contributed by atoms with E-state index in [1.165, 1.54) is 7.11 Å². The van der Waals surface area contributed by atoms with E-state index in [4.69, 9.17) is 4.74 Å². The summed E-state index contributed by atoms with van der Waals surface area (Å²) in [6, 6.07) is 13.9. The molecule has 1 atom stereocenters. The van der Waals surface area contributed by atoms with Crippen LogP contribution in [0.25, 0.3) is 0 Å². The second-order valence-corrected chi connectivity index (χ2v) is 5.69. The zero-order chi connectivity index (χ0) is 15.7. The zero-order valence-corrected chi connectivity index (χ0v) is 13.3. The van der Waals surface area contributed by atoms with Gasteiger partial charge in [0.15, 0.2) is 5.54 Å². The van der Waals surface area contributed by atoms with Crippen molar-refractivity contribution < 1.29 is 14.3 Å². The molecule has 6 heteroatoms. The van der Waals surface area contributed by atoms with Crippen LogP contribution in [0.4, 0.5) is 4.79 Å². The first-order valence-corrected chi connectivity index (χ1v) is 7.41. The van der Waals surface area contributed by atoms with E-state index in [0.29, 0.717) is 16.9 Å². The number of carbonyl (C=O) groups excluding carboxylic acids is 2. The fourth-order valence-electron chi connectivity index (χ4n) is 2.70. The van der Waals surface area contributed by atoms with E-state index in [1.807, 2.05) is 24.3 Å². The molecule has 3 amide bonds. The summed E-state index contributed by atoms with van der Waals surface area (Å²) < 4.78 is 6.10. The number of halogens is 1. The minimum Gasteiger partial charge on any atom is -0.496 e. The van der Waals surface area contributed by atoms with E-state index in [2.05, 4.69) is 26.6 Å². The summed E-state index contributed by atoms with van der Waals surface area (Å²) in [5.41, 5.74) is -0.111. The number of benzene rings is 2. The van der Waals surface area contributed by atoms with Crippen molar-refractivity contribution in [2.75, 3.05) is 7.11 Å². The number of carbonyl (C=O) groups is 2. The fourth-order valence-corrected chi connectivity index (χ4v) is 3.28. The number of hydrogen-bond donors (Lipinski definition) is 2. The second-order valence-electron chi connectivity index (χ2n) is 4.84. The molecule has 2 N–H and O–H groups in total. The second kappa shape index (κ2) is 5.46. The third-order valence-electron chi connectivity index (χ3n) is 3.66. The summed E-state index contributed by atoms with van der Waals surface area (Å²) in [6.07, 6.45) is 0. The maximum Gasteiger partial charge on any atom is 0.322 e. The van der Waals surface area contributed by atoms with Gasteiger partial charge in [-0.25, -0.2) is 4.79 Å². The molecule has 2 aromatic carbocycles. The lowest BCUT2D eigenvalue weighted by molar-refractivity contribution is -0.123. The van der Waals surface area contributed by atoms with E-state index >= 15 is 0 Å². The Bertz CT molecular complexity index is 763. The lowest BCUT2D eigenvalue weighted by atomic mass is 9.82. The molecule has 0 bridgehead atoms. The molecule has 2 aromatic rings. The van der Waals surface area contributed by atoms with Crippen LogP contribution in [0.15, 0.2) is 53.0 Å². The molecule has 1 unspecified atom stereocenters. The predicted octanol–water partition coefficient (Wildman–Crippen LogP) is 2.54. The first kappa shape index (κ1) is 14.6. The standard InChI is InChI=1S/C16H13BrN2O3/c1-22-13-9-5-3-7-11(13)16(14(20)18-15(21)19-16)10-6-2-4-8-12(10)17/h2-9H,1H3,(H2,18,19,20,21). The van der Waals surface area contributed by atoms with Gasteiger partial charge >= 0.3 is 6.03 Å². The van der Waals surface area contributed by atoms with Gasteiger partial charge in [0.25, 0.3) is 5.91 Å². The monoisotopic (exact) mass is 360 g/mol. The van der Waals surface area contributed by atoms with Gasteiger partial charge in [-0.2, -0.15) is 0 Å². The smallest absolute Gasteiger partial charge is 0.322 e. The maximum atomic E-state index is 12.7. The number of para-hydroxylation sites is 1. The van der Waals surface area contributed by atoms with Crippen LogP contribution < -0.4 is 15.4 Å². The Balaban J connectivity index is 2.32. The van der Waals surface area contributed by atoms with Gasteiger partial charge in [0.2, 0.25) is 0 Å². The van der Waals surface area contributed by atoms with Gasteiger partial charge in [-0.1, -0.05) is 52.3 Å². The molecule has 112 valence electrons. The van der Waals surface area contributed by atoms with Crippen molar-refractivity contribution in [2.24, 2.45) is 0 Å². The molecule has 0 aromatic heterocycles. The molecule has 0 saturated carbocycles. The number of hydrogen-bond acceptors (Lipinski definition) is 3. The molecule has 0 spiro atoms. The average Bonchev–Trinajstić information content (AvgIpc) is 2.83. The van der Waals surface area contributed by atoms with Crippen LogP contribution in [0, 0.1) is 0 Å². The third kappa shape index (κ3) is 2.07. The molecule has 5 nitrogen and oxygen atoms in total. The van der Waals surface area contributed by atoms with Gasteiger partial charge in [0.05, 0.1) is 7.11 Å². The largest absolute Gasteiger partial charge is 0.496 e. The van der Waals surface area contributed by atoms with Crippen LogP contribution >= 0.6 is 15.9 Å². The summed E-state index contributed by atoms with van der Waals surface area (Å²) in [5, 5.41) is 5.07. The van der Waals surface area contributed by atoms with Crippen molar-refractivity contribution in [3.05, 3.63) is 64.1 Å². The highest BCUT2D eigenvalue weighted by Crippen LogP contribution is 2.40. The van der Waals surface area contributed by atoms with Crippen LogP contribution in [-0.2, 0) is 10.3 Å². The quantitative estimate of drug-likeness (QED) is 0.826. The van der Waals surface area contributed by atoms with Crippen LogP contribution in [0.1, 0.15) is 11.1 Å². The molecule has 0 aliphatic carbocycles. The van der Waals surface area contributed by atoms with Crippen molar-refractivity contribution >= 4 is 27.9 Å². The molecule has 1 heterocycles. The van der Waals surface area contributed by atoms with Gasteiger partial charge in [-0.3, -0.25) is 10.1 Å². The summed E-state index contributed by atoms with van der Waals surface area (Å²) >= 11 is 3.46. The molecule has 1 aliphatic heterocycles. The van der Waals surface area contributed by atoms with Crippen molar-refractivity contribution in [3.8, 4) is 5.75 Å². The summed E-state index contributed by atoms with van der Waals surface area (Å²) in [7, 11) is 1.53. The zero-order valence-electron chi connectivity index (χ0n) is 11.7. The predicted molar refractivity (Wildman–Crippen MR) is 84.6 cm³/mol. The van der Waals surface area contributed by atoms with Crippen LogP contribution in [-0.4, -0.2) is 19.0 Å². The average molecular weight is 361 g/mol. The Morgan fingerprint density at radius 3 is 2.23 bits per heavy atom. The number of rotatable bonds is 3. The number of ether oxygens (including phenoxy) is 1. The lowest BCUT2D eigenvalue weighted by Crippen LogP contribution is -2.45. The van der Waals surface area contributed by atoms with Crippen molar-refractivity contribution in [2.45, 2.75) is 5.54 Å². The Morgan fingerprint density at radius 1 is 1.00 bits per heavy atom. The minimum atomic E-state index is -1.33. The Labute approximate surface area is 135 Å². The van der Waals surface area contributed by atoms with E-state index < -0.39 is 17.5 Å². The number of imide groups is 1. The topological polar surface area (TPSA) is 67.4 Å². The summed E-state index contributed by atoms with van der Waals surface area (Å²) in [4.78, 5) is 24.5. The normalized spacial score (nSPS) is 20.5. The highest BCUT2D eigenvalue weighted by atomic mass is 79.9. The first-order valence-electron chi connectivity index (χ1n) is 6.61. The number of urea groups is 1. The van der Waals surface area contributed by atoms with Crippen LogP contribution in [0.5, 0.6) is 5.75 Å². The molecule has 22 heavy (non-hydrogen) atoms. The number of methoxy groups -OCH3 is 1. The molecule has 1 saturated heterocycles. The number of amides is 3. The summed E-state index contributed by atoms with van der Waals surface area (Å²) in [5.74, 6) is 0.0875. The highest BCUT2D eigenvalue weighted by Gasteiger charge is 2.51. The Kier molecular flexibility index (Phi) is 3.62. The van der Waals surface area contributed by atoms with E-state index in [0.717, 1.165) is 4.47 Å². The Morgan fingerprint density at radius 2 is 1.64 bits per heavy atom. The molecule has 1 fully saturated rings. The SMILES string of the molecule is COc1ccccc1C1(c2ccccc2Br)NC(=O)NC1=O. The van der Waals surface area contributed by atoms with Crippen LogP contribution in [0.2, 0.25) is 0 Å². The lowest BCUT2D eigenvalue weighted by Gasteiger charge is -2.29. The first-order chi connectivity index (χ1) is 10.6. The van der Waals surface area contributed by atoms with Gasteiger partial charge in [0, 0.05) is 15.6 Å². The maximum absolute atomic E-state index is 12.7.